The highest BCUT2D eigenvalue weighted by molar-refractivity contribution is 5.90. The van der Waals surface area contributed by atoms with Gasteiger partial charge in [0.25, 0.3) is 5.69 Å². The van der Waals surface area contributed by atoms with Crippen molar-refractivity contribution in [1.82, 2.24) is 0 Å². The van der Waals surface area contributed by atoms with Crippen molar-refractivity contribution < 1.29 is 14.5 Å². The predicted octanol–water partition coefficient (Wildman–Crippen LogP) is 3.82. The molecule has 0 heterocycles. The van der Waals surface area contributed by atoms with Crippen LogP contribution in [0.25, 0.3) is 0 Å². The van der Waals surface area contributed by atoms with Crippen molar-refractivity contribution in [2.45, 2.75) is 20.0 Å². The van der Waals surface area contributed by atoms with Crippen molar-refractivity contribution in [3.05, 3.63) is 75.3 Å². The fraction of sp³-hybridized carbons (Fsp3) is 0.188. The Hall–Kier alpha value is -2.69. The van der Waals surface area contributed by atoms with Crippen LogP contribution in [0.2, 0.25) is 0 Å². The number of carbonyl (C=O) groups is 1. The lowest BCUT2D eigenvalue weighted by atomic mass is 10.1. The molecule has 5 nitrogen and oxygen atoms in total. The molecule has 0 aliphatic rings. The molecular formula is C16H15NO4. The highest BCUT2D eigenvalue weighted by atomic mass is 16.6. The number of hydrogen-bond acceptors (Lipinski definition) is 4. The smallest absolute Gasteiger partial charge is 0.338 e. The number of hydrogen-bond donors (Lipinski definition) is 0. The zero-order valence-electron chi connectivity index (χ0n) is 11.8. The third kappa shape index (κ3) is 3.45. The minimum absolute atomic E-state index is 0.0863. The summed E-state index contributed by atoms with van der Waals surface area (Å²) < 4.78 is 5.34. The maximum atomic E-state index is 12.1. The zero-order chi connectivity index (χ0) is 15.4. The summed E-state index contributed by atoms with van der Waals surface area (Å²) in [6.45, 7) is 3.38. The number of esters is 1. The Labute approximate surface area is 122 Å². The molecule has 0 aliphatic heterocycles. The minimum Gasteiger partial charge on any atom is -0.454 e. The summed E-state index contributed by atoms with van der Waals surface area (Å²) in [6, 6.07) is 13.6. The van der Waals surface area contributed by atoms with Gasteiger partial charge in [0.15, 0.2) is 0 Å². The van der Waals surface area contributed by atoms with Crippen LogP contribution in [0.15, 0.2) is 48.5 Å². The first-order valence-electron chi connectivity index (χ1n) is 6.50. The average molecular weight is 285 g/mol. The number of ether oxygens (including phenoxy) is 1. The fourth-order valence-electron chi connectivity index (χ4n) is 1.95. The van der Waals surface area contributed by atoms with Crippen LogP contribution in [0.3, 0.4) is 0 Å². The van der Waals surface area contributed by atoms with E-state index < -0.39 is 17.0 Å². The molecule has 1 atom stereocenters. The van der Waals surface area contributed by atoms with Gasteiger partial charge in [0, 0.05) is 11.6 Å². The van der Waals surface area contributed by atoms with Crippen LogP contribution < -0.4 is 0 Å². The Balaban J connectivity index is 2.17. The molecule has 0 fully saturated rings. The summed E-state index contributed by atoms with van der Waals surface area (Å²) in [4.78, 5) is 22.5. The van der Waals surface area contributed by atoms with Gasteiger partial charge in [0.2, 0.25) is 0 Å². The second kappa shape index (κ2) is 6.17. The highest BCUT2D eigenvalue weighted by Gasteiger charge is 2.18. The second-order valence-electron chi connectivity index (χ2n) is 4.72. The molecule has 5 heteroatoms. The summed E-state index contributed by atoms with van der Waals surface area (Å²) >= 11 is 0. The molecule has 0 bridgehead atoms. The lowest BCUT2D eigenvalue weighted by Crippen LogP contribution is -2.09. The number of nitro benzene ring substituents is 1. The van der Waals surface area contributed by atoms with Crippen molar-refractivity contribution in [3.8, 4) is 0 Å². The molecule has 2 rings (SSSR count). The van der Waals surface area contributed by atoms with Gasteiger partial charge in [-0.05, 0) is 25.5 Å². The molecule has 2 aromatic carbocycles. The molecule has 21 heavy (non-hydrogen) atoms. The quantitative estimate of drug-likeness (QED) is 0.486. The van der Waals surface area contributed by atoms with E-state index in [4.69, 9.17) is 4.74 Å². The molecular weight excluding hydrogens is 270 g/mol. The van der Waals surface area contributed by atoms with Crippen molar-refractivity contribution in [1.29, 1.82) is 0 Å². The largest absolute Gasteiger partial charge is 0.454 e. The minimum atomic E-state index is -0.575. The molecule has 0 spiro atoms. The Bertz CT molecular complexity index is 667. The van der Waals surface area contributed by atoms with E-state index in [1.165, 1.54) is 12.1 Å². The Morgan fingerprint density at radius 3 is 2.48 bits per heavy atom. The molecule has 0 aromatic heterocycles. The van der Waals surface area contributed by atoms with Crippen LogP contribution in [-0.4, -0.2) is 10.9 Å². The number of rotatable bonds is 4. The molecule has 0 saturated heterocycles. The number of aryl methyl sites for hydroxylation is 1. The van der Waals surface area contributed by atoms with E-state index in [1.807, 2.05) is 30.3 Å². The van der Waals surface area contributed by atoms with E-state index >= 15 is 0 Å². The average Bonchev–Trinajstić information content (AvgIpc) is 2.48. The monoisotopic (exact) mass is 285 g/mol. The van der Waals surface area contributed by atoms with E-state index in [0.717, 1.165) is 5.56 Å². The van der Waals surface area contributed by atoms with Crippen LogP contribution in [0.4, 0.5) is 5.69 Å². The lowest BCUT2D eigenvalue weighted by molar-refractivity contribution is -0.385. The van der Waals surface area contributed by atoms with Crippen molar-refractivity contribution >= 4 is 11.7 Å². The number of carbonyl (C=O) groups excluding carboxylic acids is 1. The van der Waals surface area contributed by atoms with Gasteiger partial charge < -0.3 is 4.74 Å². The van der Waals surface area contributed by atoms with Crippen molar-refractivity contribution in [2.75, 3.05) is 0 Å². The van der Waals surface area contributed by atoms with Gasteiger partial charge in [-0.2, -0.15) is 0 Å². The second-order valence-corrected chi connectivity index (χ2v) is 4.72. The van der Waals surface area contributed by atoms with Gasteiger partial charge in [-0.1, -0.05) is 36.4 Å². The van der Waals surface area contributed by atoms with E-state index in [-0.39, 0.29) is 11.3 Å². The third-order valence-electron chi connectivity index (χ3n) is 3.19. The van der Waals surface area contributed by atoms with Crippen molar-refractivity contribution in [3.63, 3.8) is 0 Å². The van der Waals surface area contributed by atoms with Crippen LogP contribution in [-0.2, 0) is 4.74 Å². The number of nitro groups is 1. The summed E-state index contributed by atoms with van der Waals surface area (Å²) in [6.07, 6.45) is -0.418. The molecule has 0 aliphatic carbocycles. The number of nitrogens with zero attached hydrogens (tertiary/aromatic N) is 1. The fourth-order valence-corrected chi connectivity index (χ4v) is 1.95. The summed E-state index contributed by atoms with van der Waals surface area (Å²) in [5.74, 6) is -0.575. The maximum absolute atomic E-state index is 12.1. The SMILES string of the molecule is Cc1ccc(C(=O)O[C@H](C)c2ccccc2)cc1[N+](=O)[O-]. The van der Waals surface area contributed by atoms with Crippen LogP contribution >= 0.6 is 0 Å². The van der Waals surface area contributed by atoms with Crippen LogP contribution in [0.5, 0.6) is 0 Å². The first-order chi connectivity index (χ1) is 9.99. The molecule has 0 unspecified atom stereocenters. The summed E-state index contributed by atoms with van der Waals surface area (Å²) in [7, 11) is 0. The Kier molecular flexibility index (Phi) is 4.33. The standard InChI is InChI=1S/C16H15NO4/c1-11-8-9-14(10-15(11)17(19)20)16(18)21-12(2)13-6-4-3-5-7-13/h3-10,12H,1-2H3/t12-/m1/s1. The Morgan fingerprint density at radius 1 is 1.19 bits per heavy atom. The van der Waals surface area contributed by atoms with E-state index in [9.17, 15) is 14.9 Å². The first kappa shape index (κ1) is 14.7. The molecule has 0 radical (unpaired) electrons. The maximum Gasteiger partial charge on any atom is 0.338 e. The van der Waals surface area contributed by atoms with Gasteiger partial charge in [-0.3, -0.25) is 10.1 Å². The molecule has 0 amide bonds. The van der Waals surface area contributed by atoms with Gasteiger partial charge in [-0.15, -0.1) is 0 Å². The molecule has 108 valence electrons. The Morgan fingerprint density at radius 2 is 1.86 bits per heavy atom. The van der Waals surface area contributed by atoms with Gasteiger partial charge in [0.05, 0.1) is 10.5 Å². The third-order valence-corrected chi connectivity index (χ3v) is 3.19. The van der Waals surface area contributed by atoms with E-state index in [0.29, 0.717) is 5.56 Å². The van der Waals surface area contributed by atoms with Crippen molar-refractivity contribution in [2.24, 2.45) is 0 Å². The lowest BCUT2D eigenvalue weighted by Gasteiger charge is -2.13. The van der Waals surface area contributed by atoms with Gasteiger partial charge >= 0.3 is 5.97 Å². The first-order valence-corrected chi connectivity index (χ1v) is 6.50. The van der Waals surface area contributed by atoms with E-state index in [1.54, 1.807) is 19.9 Å². The van der Waals surface area contributed by atoms with E-state index in [2.05, 4.69) is 0 Å². The summed E-state index contributed by atoms with van der Waals surface area (Å²) in [5.41, 5.74) is 1.46. The zero-order valence-corrected chi connectivity index (χ0v) is 11.8. The predicted molar refractivity (Wildman–Crippen MR) is 78.1 cm³/mol. The van der Waals surface area contributed by atoms with Gasteiger partial charge in [-0.25, -0.2) is 4.79 Å². The topological polar surface area (TPSA) is 69.4 Å². The highest BCUT2D eigenvalue weighted by Crippen LogP contribution is 2.22. The van der Waals surface area contributed by atoms with Gasteiger partial charge in [0.1, 0.15) is 6.10 Å². The molecule has 0 saturated carbocycles. The molecule has 0 N–H and O–H groups in total. The molecule has 2 aromatic rings. The van der Waals surface area contributed by atoms with Crippen LogP contribution in [0, 0.1) is 17.0 Å². The number of benzene rings is 2. The summed E-state index contributed by atoms with van der Waals surface area (Å²) in [5, 5.41) is 10.9. The van der Waals surface area contributed by atoms with Crippen LogP contribution in [0.1, 0.15) is 34.5 Å². The normalized spacial score (nSPS) is 11.7.